The molecule has 1 aromatic carbocycles. The summed E-state index contributed by atoms with van der Waals surface area (Å²) in [6, 6.07) is 7.34. The topological polar surface area (TPSA) is 67.2 Å². The van der Waals surface area contributed by atoms with Gasteiger partial charge in [0.2, 0.25) is 0 Å². The fraction of sp³-hybridized carbons (Fsp3) is 0.286. The molecule has 5 heteroatoms. The lowest BCUT2D eigenvalue weighted by atomic mass is 10.1. The average molecular weight is 259 g/mol. The third-order valence-corrected chi connectivity index (χ3v) is 2.86. The molecule has 0 spiro atoms. The van der Waals surface area contributed by atoms with Gasteiger partial charge in [-0.3, -0.25) is 4.79 Å². The fourth-order valence-corrected chi connectivity index (χ4v) is 1.86. The molecular weight excluding hydrogens is 242 g/mol. The van der Waals surface area contributed by atoms with Crippen LogP contribution in [0.1, 0.15) is 27.4 Å². The van der Waals surface area contributed by atoms with Gasteiger partial charge in [0.05, 0.1) is 6.54 Å². The highest BCUT2D eigenvalue weighted by Crippen LogP contribution is 2.15. The van der Waals surface area contributed by atoms with E-state index in [1.807, 2.05) is 33.0 Å². The number of amides is 1. The summed E-state index contributed by atoms with van der Waals surface area (Å²) in [6.45, 7) is 4.14. The second kappa shape index (κ2) is 5.56. The van der Waals surface area contributed by atoms with Gasteiger partial charge < -0.3 is 15.2 Å². The van der Waals surface area contributed by atoms with E-state index in [2.05, 4.69) is 15.8 Å². The van der Waals surface area contributed by atoms with Crippen molar-refractivity contribution in [2.24, 2.45) is 0 Å². The van der Waals surface area contributed by atoms with Crippen molar-refractivity contribution in [1.82, 2.24) is 10.5 Å². The maximum atomic E-state index is 12.0. The standard InChI is InChI=1S/C14H17N3O2/c1-9-6-11(4-5-13(9)15-3)14(18)16-8-12-7-10(2)19-17-12/h4-7,15H,8H2,1-3H3,(H,16,18). The summed E-state index contributed by atoms with van der Waals surface area (Å²) in [5.41, 5.74) is 3.40. The summed E-state index contributed by atoms with van der Waals surface area (Å²) in [4.78, 5) is 12.0. The molecule has 100 valence electrons. The number of carbonyl (C=O) groups is 1. The van der Waals surface area contributed by atoms with Gasteiger partial charge in [-0.05, 0) is 37.6 Å². The third-order valence-electron chi connectivity index (χ3n) is 2.86. The van der Waals surface area contributed by atoms with Crippen LogP contribution < -0.4 is 10.6 Å². The van der Waals surface area contributed by atoms with Crippen molar-refractivity contribution < 1.29 is 9.32 Å². The van der Waals surface area contributed by atoms with Gasteiger partial charge in [0.1, 0.15) is 11.5 Å². The molecule has 0 unspecified atom stereocenters. The van der Waals surface area contributed by atoms with Crippen LogP contribution in [0.25, 0.3) is 0 Å². The van der Waals surface area contributed by atoms with E-state index in [1.165, 1.54) is 0 Å². The number of hydrogen-bond acceptors (Lipinski definition) is 4. The molecule has 0 aliphatic heterocycles. The first-order valence-electron chi connectivity index (χ1n) is 6.09. The van der Waals surface area contributed by atoms with Gasteiger partial charge in [0, 0.05) is 24.4 Å². The predicted molar refractivity (Wildman–Crippen MR) is 73.1 cm³/mol. The highest BCUT2D eigenvalue weighted by molar-refractivity contribution is 5.94. The van der Waals surface area contributed by atoms with E-state index in [4.69, 9.17) is 4.52 Å². The van der Waals surface area contributed by atoms with Crippen LogP contribution in [0.4, 0.5) is 5.69 Å². The minimum absolute atomic E-state index is 0.119. The summed E-state index contributed by atoms with van der Waals surface area (Å²) in [5.74, 6) is 0.616. The minimum Gasteiger partial charge on any atom is -0.388 e. The molecule has 0 aliphatic carbocycles. The Balaban J connectivity index is 2.01. The van der Waals surface area contributed by atoms with E-state index < -0.39 is 0 Å². The van der Waals surface area contributed by atoms with Gasteiger partial charge in [0.15, 0.2) is 0 Å². The van der Waals surface area contributed by atoms with E-state index in [0.29, 0.717) is 12.1 Å². The van der Waals surface area contributed by atoms with Crippen molar-refractivity contribution in [3.8, 4) is 0 Å². The molecule has 19 heavy (non-hydrogen) atoms. The number of carbonyl (C=O) groups excluding carboxylic acids is 1. The third kappa shape index (κ3) is 3.13. The number of nitrogens with one attached hydrogen (secondary N) is 2. The first-order chi connectivity index (χ1) is 9.10. The number of anilines is 1. The summed E-state index contributed by atoms with van der Waals surface area (Å²) < 4.78 is 4.94. The number of nitrogens with zero attached hydrogens (tertiary/aromatic N) is 1. The molecule has 0 radical (unpaired) electrons. The van der Waals surface area contributed by atoms with Gasteiger partial charge in [-0.2, -0.15) is 0 Å². The average Bonchev–Trinajstić information content (AvgIpc) is 2.81. The summed E-state index contributed by atoms with van der Waals surface area (Å²) in [6.07, 6.45) is 0. The molecule has 2 rings (SSSR count). The zero-order valence-electron chi connectivity index (χ0n) is 11.3. The number of aromatic nitrogens is 1. The van der Waals surface area contributed by atoms with Crippen LogP contribution in [0.5, 0.6) is 0 Å². The maximum absolute atomic E-state index is 12.0. The Labute approximate surface area is 112 Å². The predicted octanol–water partition coefficient (Wildman–Crippen LogP) is 2.26. The van der Waals surface area contributed by atoms with Gasteiger partial charge in [-0.25, -0.2) is 0 Å². The molecule has 0 fully saturated rings. The van der Waals surface area contributed by atoms with Gasteiger partial charge in [-0.15, -0.1) is 0 Å². The van der Waals surface area contributed by atoms with E-state index >= 15 is 0 Å². The van der Waals surface area contributed by atoms with Crippen molar-refractivity contribution >= 4 is 11.6 Å². The summed E-state index contributed by atoms with van der Waals surface area (Å²) in [7, 11) is 1.86. The Kier molecular flexibility index (Phi) is 3.85. The maximum Gasteiger partial charge on any atom is 0.251 e. The molecule has 5 nitrogen and oxygen atoms in total. The Bertz CT molecular complexity index is 590. The molecule has 0 aliphatic rings. The van der Waals surface area contributed by atoms with Crippen LogP contribution in [-0.4, -0.2) is 18.1 Å². The van der Waals surface area contributed by atoms with E-state index in [9.17, 15) is 4.79 Å². The molecule has 2 N–H and O–H groups in total. The number of hydrogen-bond donors (Lipinski definition) is 2. The van der Waals surface area contributed by atoms with Crippen LogP contribution >= 0.6 is 0 Å². The monoisotopic (exact) mass is 259 g/mol. The quantitative estimate of drug-likeness (QED) is 0.883. The Hall–Kier alpha value is -2.30. The molecule has 1 amide bonds. The first-order valence-corrected chi connectivity index (χ1v) is 6.09. The SMILES string of the molecule is CNc1ccc(C(=O)NCc2cc(C)on2)cc1C. The first kappa shape index (κ1) is 13.1. The van der Waals surface area contributed by atoms with Crippen LogP contribution in [0.3, 0.4) is 0 Å². The smallest absolute Gasteiger partial charge is 0.251 e. The van der Waals surface area contributed by atoms with Crippen LogP contribution in [0, 0.1) is 13.8 Å². The normalized spacial score (nSPS) is 10.3. The van der Waals surface area contributed by atoms with Crippen molar-refractivity contribution in [2.45, 2.75) is 20.4 Å². The molecule has 0 saturated heterocycles. The van der Waals surface area contributed by atoms with Crippen LogP contribution in [0.15, 0.2) is 28.8 Å². The zero-order valence-corrected chi connectivity index (χ0v) is 11.3. The van der Waals surface area contributed by atoms with Gasteiger partial charge in [0.25, 0.3) is 5.91 Å². The second-order valence-electron chi connectivity index (χ2n) is 4.39. The molecule has 2 aromatic rings. The fourth-order valence-electron chi connectivity index (χ4n) is 1.86. The Morgan fingerprint density at radius 2 is 2.11 bits per heavy atom. The van der Waals surface area contributed by atoms with Gasteiger partial charge in [-0.1, -0.05) is 5.16 Å². The van der Waals surface area contributed by atoms with E-state index in [1.54, 1.807) is 12.1 Å². The largest absolute Gasteiger partial charge is 0.388 e. The molecule has 0 atom stereocenters. The number of aryl methyl sites for hydroxylation is 2. The van der Waals surface area contributed by atoms with E-state index in [0.717, 1.165) is 22.7 Å². The minimum atomic E-state index is -0.119. The van der Waals surface area contributed by atoms with Crippen molar-refractivity contribution in [3.63, 3.8) is 0 Å². The highest BCUT2D eigenvalue weighted by Gasteiger charge is 2.08. The molecule has 1 heterocycles. The lowest BCUT2D eigenvalue weighted by Gasteiger charge is -2.08. The Morgan fingerprint density at radius 3 is 2.68 bits per heavy atom. The second-order valence-corrected chi connectivity index (χ2v) is 4.39. The van der Waals surface area contributed by atoms with Crippen molar-refractivity contribution in [1.29, 1.82) is 0 Å². The van der Waals surface area contributed by atoms with Crippen LogP contribution in [0.2, 0.25) is 0 Å². The number of benzene rings is 1. The van der Waals surface area contributed by atoms with Crippen LogP contribution in [-0.2, 0) is 6.54 Å². The van der Waals surface area contributed by atoms with Gasteiger partial charge >= 0.3 is 0 Å². The molecular formula is C14H17N3O2. The molecule has 1 aromatic heterocycles. The zero-order chi connectivity index (χ0) is 13.8. The Morgan fingerprint density at radius 1 is 1.32 bits per heavy atom. The molecule has 0 saturated carbocycles. The lowest BCUT2D eigenvalue weighted by molar-refractivity contribution is 0.0950. The van der Waals surface area contributed by atoms with E-state index in [-0.39, 0.29) is 5.91 Å². The summed E-state index contributed by atoms with van der Waals surface area (Å²) in [5, 5.41) is 9.71. The number of rotatable bonds is 4. The molecule has 0 bridgehead atoms. The van der Waals surface area contributed by atoms with Crippen molar-refractivity contribution in [2.75, 3.05) is 12.4 Å². The lowest BCUT2D eigenvalue weighted by Crippen LogP contribution is -2.23. The summed E-state index contributed by atoms with van der Waals surface area (Å²) >= 11 is 0. The van der Waals surface area contributed by atoms with Crippen molar-refractivity contribution in [3.05, 3.63) is 46.8 Å². The highest BCUT2D eigenvalue weighted by atomic mass is 16.5.